The van der Waals surface area contributed by atoms with Crippen LogP contribution in [0.25, 0.3) is 0 Å². The van der Waals surface area contributed by atoms with Crippen LogP contribution in [0.4, 0.5) is 14.6 Å². The highest BCUT2D eigenvalue weighted by Gasteiger charge is 2.33. The smallest absolute Gasteiger partial charge is 0.415 e. The van der Waals surface area contributed by atoms with Crippen molar-refractivity contribution in [3.05, 3.63) is 53.4 Å². The van der Waals surface area contributed by atoms with E-state index in [4.69, 9.17) is 9.47 Å². The number of amides is 2. The maximum Gasteiger partial charge on any atom is 0.415 e. The first-order valence-electron chi connectivity index (χ1n) is 7.18. The minimum Gasteiger partial charge on any atom is -0.445 e. The molecule has 1 N–H and O–H groups in total. The number of nitrogens with zero attached hydrogens (tertiary/aromatic N) is 1. The molecule has 0 bridgehead atoms. The van der Waals surface area contributed by atoms with E-state index >= 15 is 0 Å². The number of rotatable bonds is 5. The number of hydrogen-bond donors (Lipinski definition) is 1. The molecule has 2 heterocycles. The Hall–Kier alpha value is -2.54. The van der Waals surface area contributed by atoms with Gasteiger partial charge in [0.05, 0.1) is 13.1 Å². The van der Waals surface area contributed by atoms with Crippen LogP contribution >= 0.6 is 11.3 Å². The third-order valence-electron chi connectivity index (χ3n) is 3.33. The molecular formula is C16H16N2O4S. The largest absolute Gasteiger partial charge is 0.445 e. The van der Waals surface area contributed by atoms with Gasteiger partial charge in [0, 0.05) is 0 Å². The van der Waals surface area contributed by atoms with Gasteiger partial charge < -0.3 is 14.8 Å². The Kier molecular flexibility index (Phi) is 4.77. The molecular weight excluding hydrogens is 316 g/mol. The van der Waals surface area contributed by atoms with Crippen LogP contribution in [0.3, 0.4) is 0 Å². The van der Waals surface area contributed by atoms with Crippen LogP contribution in [-0.4, -0.2) is 31.4 Å². The second-order valence-corrected chi connectivity index (χ2v) is 5.94. The first kappa shape index (κ1) is 15.4. The zero-order chi connectivity index (χ0) is 16.1. The summed E-state index contributed by atoms with van der Waals surface area (Å²) in [5.41, 5.74) is 0.916. The molecule has 1 aromatic carbocycles. The molecule has 120 valence electrons. The Balaban J connectivity index is 1.42. The molecule has 2 amide bonds. The van der Waals surface area contributed by atoms with E-state index in [0.29, 0.717) is 6.54 Å². The van der Waals surface area contributed by atoms with Crippen molar-refractivity contribution in [3.8, 4) is 0 Å². The number of thiophene rings is 1. The number of anilines is 1. The fourth-order valence-electron chi connectivity index (χ4n) is 2.20. The van der Waals surface area contributed by atoms with E-state index in [1.54, 1.807) is 4.90 Å². The van der Waals surface area contributed by atoms with Gasteiger partial charge in [0.15, 0.2) is 0 Å². The van der Waals surface area contributed by atoms with Crippen LogP contribution in [0.2, 0.25) is 0 Å². The number of alkyl carbamates (subject to hydrolysis) is 1. The molecule has 1 aromatic heterocycles. The summed E-state index contributed by atoms with van der Waals surface area (Å²) in [6.45, 7) is 0.845. The summed E-state index contributed by atoms with van der Waals surface area (Å²) < 4.78 is 10.3. The minimum absolute atomic E-state index is 0.207. The van der Waals surface area contributed by atoms with E-state index in [-0.39, 0.29) is 19.3 Å². The zero-order valence-electron chi connectivity index (χ0n) is 12.3. The molecule has 0 aliphatic carbocycles. The van der Waals surface area contributed by atoms with Crippen LogP contribution in [0, 0.1) is 0 Å². The highest BCUT2D eigenvalue weighted by molar-refractivity contribution is 7.14. The molecule has 7 heteroatoms. The van der Waals surface area contributed by atoms with Crippen LogP contribution in [0.5, 0.6) is 0 Å². The van der Waals surface area contributed by atoms with Crippen molar-refractivity contribution in [3.63, 3.8) is 0 Å². The maximum atomic E-state index is 11.8. The summed E-state index contributed by atoms with van der Waals surface area (Å²) in [6, 6.07) is 13.2. The Bertz CT molecular complexity index is 660. The summed E-state index contributed by atoms with van der Waals surface area (Å²) in [6.07, 6.45) is -1.30. The number of ether oxygens (including phenoxy) is 2. The predicted octanol–water partition coefficient (Wildman–Crippen LogP) is 3.00. The third-order valence-corrected chi connectivity index (χ3v) is 4.22. The lowest BCUT2D eigenvalue weighted by Crippen LogP contribution is -2.34. The summed E-state index contributed by atoms with van der Waals surface area (Å²) in [7, 11) is 0. The Morgan fingerprint density at radius 3 is 2.87 bits per heavy atom. The number of carbonyl (C=O) groups is 2. The third kappa shape index (κ3) is 4.01. The normalized spacial score (nSPS) is 17.0. The van der Waals surface area contributed by atoms with E-state index in [9.17, 15) is 9.59 Å². The first-order chi connectivity index (χ1) is 11.2. The fraction of sp³-hybridized carbons (Fsp3) is 0.250. The number of benzene rings is 1. The SMILES string of the molecule is O=C(NCC1CN(c2cccs2)C(=O)O1)OCc1ccccc1. The molecule has 23 heavy (non-hydrogen) atoms. The van der Waals surface area contributed by atoms with Gasteiger partial charge in [-0.25, -0.2) is 9.59 Å². The van der Waals surface area contributed by atoms with Crippen molar-refractivity contribution in [1.29, 1.82) is 0 Å². The summed E-state index contributed by atoms with van der Waals surface area (Å²) >= 11 is 1.47. The standard InChI is InChI=1S/C16H16N2O4S/c19-15(21-11-12-5-2-1-3-6-12)17-9-13-10-18(16(20)22-13)14-7-4-8-23-14/h1-8,13H,9-11H2,(H,17,19). The van der Waals surface area contributed by atoms with Crippen molar-refractivity contribution < 1.29 is 19.1 Å². The lowest BCUT2D eigenvalue weighted by molar-refractivity contribution is 0.121. The number of hydrogen-bond acceptors (Lipinski definition) is 5. The molecule has 1 aliphatic heterocycles. The van der Waals surface area contributed by atoms with Crippen molar-refractivity contribution in [1.82, 2.24) is 5.32 Å². The van der Waals surface area contributed by atoms with E-state index in [1.165, 1.54) is 11.3 Å². The van der Waals surface area contributed by atoms with Crippen molar-refractivity contribution in [2.24, 2.45) is 0 Å². The molecule has 1 unspecified atom stereocenters. The van der Waals surface area contributed by atoms with Gasteiger partial charge in [0.25, 0.3) is 0 Å². The van der Waals surface area contributed by atoms with Gasteiger partial charge in [-0.15, -0.1) is 11.3 Å². The summed E-state index contributed by atoms with van der Waals surface area (Å²) in [4.78, 5) is 25.0. The molecule has 1 aliphatic rings. The first-order valence-corrected chi connectivity index (χ1v) is 8.06. The highest BCUT2D eigenvalue weighted by Crippen LogP contribution is 2.26. The average Bonchev–Trinajstić information content (AvgIpc) is 3.21. The highest BCUT2D eigenvalue weighted by atomic mass is 32.1. The molecule has 1 atom stereocenters. The fourth-order valence-corrected chi connectivity index (χ4v) is 2.93. The van der Waals surface area contributed by atoms with E-state index in [1.807, 2.05) is 47.8 Å². The molecule has 0 radical (unpaired) electrons. The van der Waals surface area contributed by atoms with Gasteiger partial charge in [0.1, 0.15) is 17.7 Å². The van der Waals surface area contributed by atoms with Gasteiger partial charge >= 0.3 is 12.2 Å². The van der Waals surface area contributed by atoms with Crippen LogP contribution in [0.15, 0.2) is 47.8 Å². The van der Waals surface area contributed by atoms with Gasteiger partial charge in [-0.05, 0) is 23.1 Å². The summed E-state index contributed by atoms with van der Waals surface area (Å²) in [5, 5.41) is 5.35. The van der Waals surface area contributed by atoms with Crippen molar-refractivity contribution >= 4 is 28.5 Å². The molecule has 1 fully saturated rings. The van der Waals surface area contributed by atoms with E-state index in [2.05, 4.69) is 5.32 Å². The molecule has 0 spiro atoms. The minimum atomic E-state index is -0.528. The van der Waals surface area contributed by atoms with Gasteiger partial charge in [-0.1, -0.05) is 30.3 Å². The van der Waals surface area contributed by atoms with Crippen LogP contribution in [0.1, 0.15) is 5.56 Å². The number of nitrogens with one attached hydrogen (secondary N) is 1. The lowest BCUT2D eigenvalue weighted by atomic mass is 10.2. The van der Waals surface area contributed by atoms with Crippen molar-refractivity contribution in [2.45, 2.75) is 12.7 Å². The number of cyclic esters (lactones) is 1. The van der Waals surface area contributed by atoms with E-state index in [0.717, 1.165) is 10.6 Å². The van der Waals surface area contributed by atoms with Gasteiger partial charge in [-0.2, -0.15) is 0 Å². The Morgan fingerprint density at radius 1 is 1.30 bits per heavy atom. The average molecular weight is 332 g/mol. The van der Waals surface area contributed by atoms with Crippen molar-refractivity contribution in [2.75, 3.05) is 18.0 Å². The molecule has 1 saturated heterocycles. The molecule has 0 saturated carbocycles. The summed E-state index contributed by atoms with van der Waals surface area (Å²) in [5.74, 6) is 0. The second kappa shape index (κ2) is 7.15. The molecule has 3 rings (SSSR count). The Labute approximate surface area is 137 Å². The number of carbonyl (C=O) groups excluding carboxylic acids is 2. The maximum absolute atomic E-state index is 11.8. The van der Waals surface area contributed by atoms with Gasteiger partial charge in [-0.3, -0.25) is 4.90 Å². The monoisotopic (exact) mass is 332 g/mol. The Morgan fingerprint density at radius 2 is 2.13 bits per heavy atom. The topological polar surface area (TPSA) is 67.9 Å². The molecule has 2 aromatic rings. The van der Waals surface area contributed by atoms with Crippen LogP contribution < -0.4 is 10.2 Å². The van der Waals surface area contributed by atoms with Gasteiger partial charge in [0.2, 0.25) is 0 Å². The molecule has 6 nitrogen and oxygen atoms in total. The zero-order valence-corrected chi connectivity index (χ0v) is 13.1. The van der Waals surface area contributed by atoms with E-state index < -0.39 is 12.2 Å². The second-order valence-electron chi connectivity index (χ2n) is 5.01. The lowest BCUT2D eigenvalue weighted by Gasteiger charge is -2.11. The predicted molar refractivity (Wildman–Crippen MR) is 86.6 cm³/mol. The quantitative estimate of drug-likeness (QED) is 0.914. The van der Waals surface area contributed by atoms with Crippen LogP contribution in [-0.2, 0) is 16.1 Å².